The van der Waals surface area contributed by atoms with Gasteiger partial charge < -0.3 is 14.4 Å². The number of rotatable bonds is 10. The van der Waals surface area contributed by atoms with Crippen molar-refractivity contribution in [3.8, 4) is 22.3 Å². The summed E-state index contributed by atoms with van der Waals surface area (Å²) in [6.45, 7) is 12.7. The summed E-state index contributed by atoms with van der Waals surface area (Å²) in [6.07, 6.45) is 9.43. The Hall–Kier alpha value is -4.21. The van der Waals surface area contributed by atoms with E-state index < -0.39 is 44.7 Å². The number of aromatic nitrogens is 3. The van der Waals surface area contributed by atoms with Gasteiger partial charge >= 0.3 is 0 Å². The molecule has 3 fully saturated rings. The van der Waals surface area contributed by atoms with Crippen molar-refractivity contribution >= 4 is 61.1 Å². The van der Waals surface area contributed by atoms with E-state index in [-0.39, 0.29) is 48.3 Å². The second kappa shape index (κ2) is 17.4. The maximum Gasteiger partial charge on any atom is 0.240 e. The zero-order valence-electron chi connectivity index (χ0n) is 36.9. The molecule has 2 saturated carbocycles. The molecule has 4 aliphatic rings. The largest absolute Gasteiger partial charge is 0.496 e. The molecule has 1 saturated heterocycles. The van der Waals surface area contributed by atoms with Crippen LogP contribution in [0.3, 0.4) is 0 Å². The molecule has 1 N–H and O–H groups in total. The Labute approximate surface area is 373 Å². The van der Waals surface area contributed by atoms with Crippen LogP contribution in [0.5, 0.6) is 11.6 Å². The van der Waals surface area contributed by atoms with Crippen molar-refractivity contribution in [2.75, 3.05) is 13.7 Å². The number of pyridine rings is 1. The average Bonchev–Trinajstić information content (AvgIpc) is 3.99. The third-order valence-corrected chi connectivity index (χ3v) is 16.7. The number of allylic oxidation sites excluding steroid dienone is 2. The SMILES string of the molecule is COc1ccc2c(O[C@@H]3C[C@H]4C(=O)C[C@]5(C(=O)NS(=O)(=O)C6CC6)C[C@H]5/C=C\CCCCC[C@H](Cc5nc(C(C)(C)C)cs5)C(=O)N4C3)nc(-c3nc(C(C)C)cs3)cc2c1C. The number of nitrogens with zero attached hydrogens (tertiary/aromatic N) is 4. The van der Waals surface area contributed by atoms with Gasteiger partial charge in [-0.3, -0.25) is 19.1 Å². The minimum Gasteiger partial charge on any atom is -0.496 e. The van der Waals surface area contributed by atoms with Crippen LogP contribution in [0, 0.1) is 24.2 Å². The number of sulfonamides is 1. The fourth-order valence-corrected chi connectivity index (χ4v) is 12.4. The molecule has 8 rings (SSSR count). The summed E-state index contributed by atoms with van der Waals surface area (Å²) in [5.41, 5.74) is 2.18. The van der Waals surface area contributed by atoms with Crippen LogP contribution in [0.25, 0.3) is 21.5 Å². The third kappa shape index (κ3) is 9.22. The standard InChI is InChI=1S/C47H59N5O7S3/c1-27(2)36-25-61-43(49-36)35-21-34-28(3)39(58-7)18-17-33(34)42(48-35)59-31-20-37-38(53)23-47(45(55)51-62(56,57)32-15-16-32)22-30(47)14-12-10-8-9-11-13-29(44(54)52(37)24-31)19-41-50-40(26-60-41)46(4,5)6/h12,14,17-18,21,25-27,29-32,37H,8-11,13,15-16,19-20,22-24H2,1-7H3,(H,51,55)/b14-12-/t29-,30-,31-,37+,47-/m1/s1. The van der Waals surface area contributed by atoms with Crippen LogP contribution in [0.15, 0.2) is 41.1 Å². The number of ether oxygens (including phenoxy) is 2. The lowest BCUT2D eigenvalue weighted by molar-refractivity contribution is -0.142. The van der Waals surface area contributed by atoms with Crippen molar-refractivity contribution in [3.05, 3.63) is 63.1 Å². The van der Waals surface area contributed by atoms with Crippen LogP contribution in [0.2, 0.25) is 0 Å². The molecule has 12 nitrogen and oxygen atoms in total. The smallest absolute Gasteiger partial charge is 0.240 e. The van der Waals surface area contributed by atoms with Crippen LogP contribution in [-0.2, 0) is 36.2 Å². The van der Waals surface area contributed by atoms with E-state index in [1.807, 2.05) is 36.6 Å². The number of ketones is 1. The van der Waals surface area contributed by atoms with Gasteiger partial charge in [-0.2, -0.15) is 0 Å². The molecule has 5 atom stereocenters. The van der Waals surface area contributed by atoms with Crippen LogP contribution in [0.1, 0.15) is 127 Å². The number of thiazole rings is 2. The second-order valence-corrected chi connectivity index (χ2v) is 22.9. The maximum absolute atomic E-state index is 15.1. The number of hydrogen-bond donors (Lipinski definition) is 1. The van der Waals surface area contributed by atoms with Gasteiger partial charge in [-0.25, -0.2) is 23.4 Å². The van der Waals surface area contributed by atoms with Gasteiger partial charge in [0.05, 0.1) is 46.8 Å². The van der Waals surface area contributed by atoms with E-state index in [9.17, 15) is 18.0 Å². The highest BCUT2D eigenvalue weighted by Gasteiger charge is 2.61. The monoisotopic (exact) mass is 901 g/mol. The lowest BCUT2D eigenvalue weighted by atomic mass is 9.90. The zero-order valence-corrected chi connectivity index (χ0v) is 39.3. The number of fused-ring (bicyclic) bond motifs is 3. The Bertz CT molecular complexity index is 2500. The number of aryl methyl sites for hydroxylation is 1. The van der Waals surface area contributed by atoms with Gasteiger partial charge in [0, 0.05) is 46.7 Å². The van der Waals surface area contributed by atoms with E-state index in [0.29, 0.717) is 43.7 Å². The molecule has 3 aromatic heterocycles. The van der Waals surface area contributed by atoms with Gasteiger partial charge in [-0.1, -0.05) is 59.6 Å². The van der Waals surface area contributed by atoms with Crippen LogP contribution < -0.4 is 14.2 Å². The number of carbonyl (C=O) groups excluding carboxylic acids is 3. The first kappa shape index (κ1) is 44.4. The van der Waals surface area contributed by atoms with Gasteiger partial charge in [0.15, 0.2) is 5.78 Å². The number of amides is 2. The van der Waals surface area contributed by atoms with Crippen LogP contribution in [-0.4, -0.2) is 76.9 Å². The summed E-state index contributed by atoms with van der Waals surface area (Å²) in [7, 11) is -2.20. The van der Waals surface area contributed by atoms with E-state index in [1.165, 1.54) is 11.3 Å². The van der Waals surface area contributed by atoms with Gasteiger partial charge in [-0.15, -0.1) is 22.7 Å². The number of Topliss-reactive ketones (excluding diaryl/α,β-unsaturated/α-hetero) is 1. The summed E-state index contributed by atoms with van der Waals surface area (Å²) in [5.74, 6) is -0.386. The first-order valence-electron chi connectivity index (χ1n) is 22.1. The Morgan fingerprint density at radius 3 is 2.52 bits per heavy atom. The molecule has 2 aliphatic carbocycles. The van der Waals surface area contributed by atoms with Crippen molar-refractivity contribution in [2.24, 2.45) is 17.3 Å². The molecular formula is C47H59N5O7S3. The lowest BCUT2D eigenvalue weighted by Gasteiger charge is -2.29. The first-order valence-corrected chi connectivity index (χ1v) is 25.4. The molecular weight excluding hydrogens is 843 g/mol. The molecule has 1 aromatic carbocycles. The van der Waals surface area contributed by atoms with Crippen molar-refractivity contribution < 1.29 is 32.3 Å². The van der Waals surface area contributed by atoms with E-state index in [0.717, 1.165) is 69.2 Å². The highest BCUT2D eigenvalue weighted by atomic mass is 32.2. The average molecular weight is 902 g/mol. The predicted molar refractivity (Wildman–Crippen MR) is 243 cm³/mol. The lowest BCUT2D eigenvalue weighted by Crippen LogP contribution is -2.46. The van der Waals surface area contributed by atoms with Gasteiger partial charge in [0.2, 0.25) is 27.7 Å². The normalized spacial score (nSPS) is 25.5. The molecule has 332 valence electrons. The van der Waals surface area contributed by atoms with Gasteiger partial charge in [-0.05, 0) is 86.4 Å². The van der Waals surface area contributed by atoms with E-state index >= 15 is 4.79 Å². The molecule has 0 bridgehead atoms. The molecule has 4 aromatic rings. The topological polar surface area (TPSA) is 158 Å². The minimum absolute atomic E-state index is 0.131. The summed E-state index contributed by atoms with van der Waals surface area (Å²) < 4.78 is 41.0. The molecule has 5 heterocycles. The van der Waals surface area contributed by atoms with Crippen molar-refractivity contribution in [1.29, 1.82) is 0 Å². The van der Waals surface area contributed by atoms with Gasteiger partial charge in [0.1, 0.15) is 22.6 Å². The van der Waals surface area contributed by atoms with E-state index in [2.05, 4.69) is 50.8 Å². The molecule has 0 unspecified atom stereocenters. The van der Waals surface area contributed by atoms with E-state index in [1.54, 1.807) is 23.3 Å². The first-order chi connectivity index (χ1) is 29.5. The maximum atomic E-state index is 15.1. The molecule has 0 spiro atoms. The van der Waals surface area contributed by atoms with Crippen molar-refractivity contribution in [3.63, 3.8) is 0 Å². The summed E-state index contributed by atoms with van der Waals surface area (Å²) in [6, 6.07) is 4.94. The number of hydrogen-bond acceptors (Lipinski definition) is 12. The highest BCUT2D eigenvalue weighted by molar-refractivity contribution is 7.90. The molecule has 2 amide bonds. The third-order valence-electron chi connectivity index (χ3n) is 13.1. The van der Waals surface area contributed by atoms with E-state index in [4.69, 9.17) is 24.4 Å². The molecule has 0 radical (unpaired) electrons. The summed E-state index contributed by atoms with van der Waals surface area (Å²) in [5, 5.41) is 6.85. The zero-order chi connectivity index (χ0) is 44.1. The molecule has 15 heteroatoms. The Kier molecular flexibility index (Phi) is 12.5. The fourth-order valence-electron chi connectivity index (χ4n) is 8.95. The number of methoxy groups -OCH3 is 1. The Morgan fingerprint density at radius 2 is 1.82 bits per heavy atom. The Balaban J connectivity index is 1.15. The Morgan fingerprint density at radius 1 is 1.03 bits per heavy atom. The van der Waals surface area contributed by atoms with Gasteiger partial charge in [0.25, 0.3) is 0 Å². The second-order valence-electron chi connectivity index (χ2n) is 19.1. The highest BCUT2D eigenvalue weighted by Crippen LogP contribution is 2.57. The number of nitrogens with one attached hydrogen (secondary N) is 1. The predicted octanol–water partition coefficient (Wildman–Crippen LogP) is 8.85. The summed E-state index contributed by atoms with van der Waals surface area (Å²) >= 11 is 3.09. The van der Waals surface area contributed by atoms with Crippen molar-refractivity contribution in [1.82, 2.24) is 24.6 Å². The van der Waals surface area contributed by atoms with Crippen LogP contribution >= 0.6 is 22.7 Å². The molecule has 2 aliphatic heterocycles. The fraction of sp³-hybridized carbons (Fsp3) is 0.574. The number of benzene rings is 1. The molecule has 62 heavy (non-hydrogen) atoms. The quantitative estimate of drug-likeness (QED) is 0.153. The number of carbonyl (C=O) groups is 3. The van der Waals surface area contributed by atoms with Crippen LogP contribution in [0.4, 0.5) is 0 Å². The summed E-state index contributed by atoms with van der Waals surface area (Å²) in [4.78, 5) is 60.6. The minimum atomic E-state index is -3.84. The van der Waals surface area contributed by atoms with Crippen molar-refractivity contribution in [2.45, 2.75) is 141 Å².